The van der Waals surface area contributed by atoms with Crippen LogP contribution in [-0.2, 0) is 16.7 Å². The van der Waals surface area contributed by atoms with Crippen LogP contribution in [0.2, 0.25) is 0 Å². The van der Waals surface area contributed by atoms with Crippen LogP contribution in [0, 0.1) is 0 Å². The molecule has 0 spiro atoms. The van der Waals surface area contributed by atoms with Crippen molar-refractivity contribution in [1.29, 1.82) is 0 Å². The fraction of sp³-hybridized carbons (Fsp3) is 0.333. The van der Waals surface area contributed by atoms with Crippen molar-refractivity contribution in [2.24, 2.45) is 4.99 Å². The molecule has 6 nitrogen and oxygen atoms in total. The van der Waals surface area contributed by atoms with Crippen LogP contribution in [0.25, 0.3) is 0 Å². The zero-order valence-electron chi connectivity index (χ0n) is 13.1. The van der Waals surface area contributed by atoms with E-state index in [0.29, 0.717) is 23.6 Å². The minimum Gasteiger partial charge on any atom is -0.459 e. The molecule has 1 aromatic heterocycles. The van der Waals surface area contributed by atoms with Gasteiger partial charge in [0.2, 0.25) is 0 Å². The third kappa shape index (κ3) is 5.59. The van der Waals surface area contributed by atoms with Gasteiger partial charge in [0.15, 0.2) is 11.4 Å². The van der Waals surface area contributed by atoms with Crippen molar-refractivity contribution in [2.75, 3.05) is 11.5 Å². The van der Waals surface area contributed by atoms with Crippen molar-refractivity contribution in [3.05, 3.63) is 35.2 Å². The van der Waals surface area contributed by atoms with Crippen LogP contribution in [-0.4, -0.2) is 35.8 Å². The fourth-order valence-electron chi connectivity index (χ4n) is 1.93. The van der Waals surface area contributed by atoms with Crippen molar-refractivity contribution < 1.29 is 22.6 Å². The Morgan fingerprint density at radius 2 is 2.04 bits per heavy atom. The minimum absolute atomic E-state index is 0.152. The number of nitrogens with zero attached hydrogens (tertiary/aromatic N) is 2. The van der Waals surface area contributed by atoms with E-state index in [1.54, 1.807) is 10.8 Å². The molecule has 1 heterocycles. The molecule has 9 heteroatoms. The Kier molecular flexibility index (Phi) is 6.79. The second-order valence-electron chi connectivity index (χ2n) is 4.88. The molecule has 0 radical (unpaired) electrons. The SMILES string of the molecule is CC[n+]1c(SCCCS(=O)(=O)O)sc(C=Nc2ccccc2)c1O. The highest BCUT2D eigenvalue weighted by Crippen LogP contribution is 2.29. The minimum atomic E-state index is -3.92. The summed E-state index contributed by atoms with van der Waals surface area (Å²) < 4.78 is 32.8. The van der Waals surface area contributed by atoms with Gasteiger partial charge in [-0.05, 0) is 48.6 Å². The first-order valence-corrected chi connectivity index (χ1v) is 10.7. The van der Waals surface area contributed by atoms with E-state index in [9.17, 15) is 13.5 Å². The lowest BCUT2D eigenvalue weighted by atomic mass is 10.3. The molecule has 1 aromatic carbocycles. The predicted octanol–water partition coefficient (Wildman–Crippen LogP) is 2.88. The molecule has 0 atom stereocenters. The summed E-state index contributed by atoms with van der Waals surface area (Å²) in [4.78, 5) is 5.00. The van der Waals surface area contributed by atoms with Gasteiger partial charge < -0.3 is 5.11 Å². The smallest absolute Gasteiger partial charge is 0.386 e. The second kappa shape index (κ2) is 8.61. The topological polar surface area (TPSA) is 90.8 Å². The lowest BCUT2D eigenvalue weighted by molar-refractivity contribution is -0.728. The summed E-state index contributed by atoms with van der Waals surface area (Å²) in [5, 5.41) is 10.3. The van der Waals surface area contributed by atoms with Gasteiger partial charge in [-0.1, -0.05) is 18.2 Å². The zero-order valence-corrected chi connectivity index (χ0v) is 15.6. The fourth-order valence-corrected chi connectivity index (χ4v) is 5.04. The van der Waals surface area contributed by atoms with E-state index < -0.39 is 10.1 Å². The molecule has 0 saturated heterocycles. The van der Waals surface area contributed by atoms with Crippen molar-refractivity contribution in [1.82, 2.24) is 0 Å². The number of benzene rings is 1. The summed E-state index contributed by atoms with van der Waals surface area (Å²) in [6.07, 6.45) is 1.98. The molecule has 0 aliphatic heterocycles. The molecule has 24 heavy (non-hydrogen) atoms. The third-order valence-corrected chi connectivity index (χ3v) is 6.34. The molecule has 0 bridgehead atoms. The number of para-hydroxylation sites is 1. The molecule has 0 saturated carbocycles. The molecule has 0 unspecified atom stereocenters. The van der Waals surface area contributed by atoms with Gasteiger partial charge in [-0.15, -0.1) is 4.57 Å². The normalized spacial score (nSPS) is 12.1. The quantitative estimate of drug-likeness (QED) is 0.239. The number of aromatic nitrogens is 1. The number of thioether (sulfide) groups is 1. The van der Waals surface area contributed by atoms with E-state index in [4.69, 9.17) is 4.55 Å². The molecule has 0 fully saturated rings. The monoisotopic (exact) mass is 387 g/mol. The summed E-state index contributed by atoms with van der Waals surface area (Å²) in [5.41, 5.74) is 0.802. The van der Waals surface area contributed by atoms with Gasteiger partial charge in [-0.2, -0.15) is 8.42 Å². The van der Waals surface area contributed by atoms with Crippen LogP contribution >= 0.6 is 23.1 Å². The van der Waals surface area contributed by atoms with Gasteiger partial charge in [0.05, 0.1) is 17.7 Å². The van der Waals surface area contributed by atoms with Crippen molar-refractivity contribution in [2.45, 2.75) is 24.2 Å². The van der Waals surface area contributed by atoms with E-state index in [1.807, 2.05) is 37.3 Å². The lowest BCUT2D eigenvalue weighted by Crippen LogP contribution is -2.32. The maximum Gasteiger partial charge on any atom is 0.386 e. The highest BCUT2D eigenvalue weighted by Gasteiger charge is 2.24. The summed E-state index contributed by atoms with van der Waals surface area (Å²) in [5.74, 6) is 0.431. The number of aromatic hydroxyl groups is 1. The van der Waals surface area contributed by atoms with Gasteiger partial charge in [0.25, 0.3) is 10.1 Å². The molecule has 2 rings (SSSR count). The molecule has 130 valence electrons. The molecular weight excluding hydrogens is 368 g/mol. The first-order chi connectivity index (χ1) is 11.4. The predicted molar refractivity (Wildman–Crippen MR) is 97.3 cm³/mol. The van der Waals surface area contributed by atoms with Crippen LogP contribution < -0.4 is 4.57 Å². The summed E-state index contributed by atoms with van der Waals surface area (Å²) in [6, 6.07) is 9.45. The number of thiazole rings is 1. The van der Waals surface area contributed by atoms with Crippen LogP contribution in [0.4, 0.5) is 5.69 Å². The molecule has 0 aliphatic rings. The standard InChI is InChI=1S/C15H18N2O4S3/c1-2-17-14(18)13(11-16-12-7-4-3-5-8-12)23-15(17)22-9-6-10-24(19,20)21/h3-5,7-8,11H,2,6,9-10H2,1H3,(H-,16,18,19,20,21)/p+1. The third-order valence-electron chi connectivity index (χ3n) is 3.07. The van der Waals surface area contributed by atoms with Gasteiger partial charge in [0, 0.05) is 5.75 Å². The molecule has 2 N–H and O–H groups in total. The van der Waals surface area contributed by atoms with Gasteiger partial charge in [-0.3, -0.25) is 9.55 Å². The number of aliphatic imine (C=N–C) groups is 1. The van der Waals surface area contributed by atoms with Gasteiger partial charge in [0.1, 0.15) is 0 Å². The number of rotatable bonds is 8. The summed E-state index contributed by atoms with van der Waals surface area (Å²) in [7, 11) is -3.92. The van der Waals surface area contributed by atoms with Crippen molar-refractivity contribution >= 4 is 45.1 Å². The van der Waals surface area contributed by atoms with Crippen molar-refractivity contribution in [3.8, 4) is 5.88 Å². The number of hydrogen-bond acceptors (Lipinski definition) is 6. The Labute approximate surface area is 149 Å². The van der Waals surface area contributed by atoms with Crippen LogP contribution in [0.15, 0.2) is 39.7 Å². The Balaban J connectivity index is 2.08. The highest BCUT2D eigenvalue weighted by atomic mass is 32.2. The Morgan fingerprint density at radius 1 is 1.33 bits per heavy atom. The van der Waals surface area contributed by atoms with E-state index >= 15 is 0 Å². The average Bonchev–Trinajstić information content (AvgIpc) is 2.85. The Morgan fingerprint density at radius 3 is 2.67 bits per heavy atom. The van der Waals surface area contributed by atoms with Crippen LogP contribution in [0.1, 0.15) is 18.2 Å². The van der Waals surface area contributed by atoms with E-state index in [1.165, 1.54) is 23.1 Å². The lowest BCUT2D eigenvalue weighted by Gasteiger charge is -1.96. The number of hydrogen-bond donors (Lipinski definition) is 2. The maximum atomic E-state index is 10.7. The van der Waals surface area contributed by atoms with E-state index in [2.05, 4.69) is 4.99 Å². The summed E-state index contributed by atoms with van der Waals surface area (Å²) in [6.45, 7) is 2.52. The zero-order chi connectivity index (χ0) is 17.6. The first-order valence-electron chi connectivity index (χ1n) is 7.33. The highest BCUT2D eigenvalue weighted by molar-refractivity contribution is 8.00. The Hall–Kier alpha value is -1.42. The Bertz CT molecular complexity index is 802. The summed E-state index contributed by atoms with van der Waals surface area (Å²) >= 11 is 2.86. The molecule has 2 aromatic rings. The molecule has 0 amide bonds. The van der Waals surface area contributed by atoms with E-state index in [-0.39, 0.29) is 11.6 Å². The largest absolute Gasteiger partial charge is 0.459 e. The molecule has 0 aliphatic carbocycles. The van der Waals surface area contributed by atoms with E-state index in [0.717, 1.165) is 10.0 Å². The second-order valence-corrected chi connectivity index (χ2v) is 8.83. The maximum absolute atomic E-state index is 10.7. The van der Waals surface area contributed by atoms with Gasteiger partial charge >= 0.3 is 10.2 Å². The van der Waals surface area contributed by atoms with Gasteiger partial charge in [-0.25, -0.2) is 0 Å². The average molecular weight is 388 g/mol. The van der Waals surface area contributed by atoms with Crippen LogP contribution in [0.3, 0.4) is 0 Å². The van der Waals surface area contributed by atoms with Crippen molar-refractivity contribution in [3.63, 3.8) is 0 Å². The molecular formula is C15H19N2O4S3+. The van der Waals surface area contributed by atoms with Crippen LogP contribution in [0.5, 0.6) is 5.88 Å². The first kappa shape index (κ1) is 18.9.